The molecule has 1 aromatic carbocycles. The number of primary amides is 1. The first-order valence-corrected chi connectivity index (χ1v) is 5.68. The fourth-order valence-corrected chi connectivity index (χ4v) is 1.43. The third kappa shape index (κ3) is 4.84. The Morgan fingerprint density at radius 2 is 1.83 bits per heavy atom. The van der Waals surface area contributed by atoms with Crippen LogP contribution < -0.4 is 21.7 Å². The summed E-state index contributed by atoms with van der Waals surface area (Å²) in [6, 6.07) is 6.81. The first kappa shape index (κ1) is 14.0. The van der Waals surface area contributed by atoms with Crippen molar-refractivity contribution in [1.29, 1.82) is 0 Å². The number of amides is 3. The van der Waals surface area contributed by atoms with Crippen molar-refractivity contribution in [2.75, 3.05) is 20.1 Å². The van der Waals surface area contributed by atoms with E-state index in [2.05, 4.69) is 16.0 Å². The molecule has 0 heterocycles. The van der Waals surface area contributed by atoms with E-state index < -0.39 is 6.03 Å². The molecule has 0 spiro atoms. The second-order valence-electron chi connectivity index (χ2n) is 3.74. The van der Waals surface area contributed by atoms with Crippen LogP contribution in [-0.2, 0) is 6.54 Å². The summed E-state index contributed by atoms with van der Waals surface area (Å²) in [5.41, 5.74) is 6.64. The predicted octanol–water partition coefficient (Wildman–Crippen LogP) is -0.196. The summed E-state index contributed by atoms with van der Waals surface area (Å²) < 4.78 is 0. The largest absolute Gasteiger partial charge is 0.355 e. The van der Waals surface area contributed by atoms with Gasteiger partial charge in [-0.1, -0.05) is 12.1 Å². The van der Waals surface area contributed by atoms with E-state index in [0.717, 1.165) is 5.56 Å². The summed E-state index contributed by atoms with van der Waals surface area (Å²) in [4.78, 5) is 21.7. The topological polar surface area (TPSA) is 96.2 Å². The van der Waals surface area contributed by atoms with Crippen LogP contribution in [0.25, 0.3) is 0 Å². The Kier molecular flexibility index (Phi) is 5.66. The molecule has 0 saturated heterocycles. The van der Waals surface area contributed by atoms with Gasteiger partial charge in [-0.25, -0.2) is 4.79 Å². The number of benzene rings is 1. The number of carbonyl (C=O) groups excluding carboxylic acids is 2. The summed E-state index contributed by atoms with van der Waals surface area (Å²) in [6.07, 6.45) is 0. The van der Waals surface area contributed by atoms with E-state index in [9.17, 15) is 9.59 Å². The van der Waals surface area contributed by atoms with Crippen LogP contribution in [0.15, 0.2) is 24.3 Å². The maximum atomic E-state index is 11.3. The molecule has 6 heteroatoms. The fourth-order valence-electron chi connectivity index (χ4n) is 1.43. The summed E-state index contributed by atoms with van der Waals surface area (Å²) in [5, 5.41) is 8.20. The number of nitrogens with one attached hydrogen (secondary N) is 3. The monoisotopic (exact) mass is 250 g/mol. The maximum Gasteiger partial charge on any atom is 0.312 e. The van der Waals surface area contributed by atoms with Gasteiger partial charge in [-0.15, -0.1) is 0 Å². The molecule has 0 aliphatic carbocycles. The van der Waals surface area contributed by atoms with Gasteiger partial charge in [0.2, 0.25) is 0 Å². The Morgan fingerprint density at radius 1 is 1.17 bits per heavy atom. The van der Waals surface area contributed by atoms with Gasteiger partial charge in [-0.3, -0.25) is 4.79 Å². The Hall–Kier alpha value is -2.08. The van der Waals surface area contributed by atoms with E-state index in [-0.39, 0.29) is 5.91 Å². The van der Waals surface area contributed by atoms with Crippen LogP contribution in [0.1, 0.15) is 15.9 Å². The van der Waals surface area contributed by atoms with Gasteiger partial charge in [0.25, 0.3) is 5.91 Å². The Bertz CT molecular complexity index is 403. The van der Waals surface area contributed by atoms with Gasteiger partial charge in [-0.05, 0) is 17.7 Å². The van der Waals surface area contributed by atoms with Crippen molar-refractivity contribution < 1.29 is 9.59 Å². The summed E-state index contributed by atoms with van der Waals surface area (Å²) in [7, 11) is 1.60. The molecule has 0 radical (unpaired) electrons. The molecular weight excluding hydrogens is 232 g/mol. The number of rotatable bonds is 6. The zero-order chi connectivity index (χ0) is 13.4. The third-order valence-corrected chi connectivity index (χ3v) is 2.37. The van der Waals surface area contributed by atoms with E-state index in [1.807, 2.05) is 12.1 Å². The minimum Gasteiger partial charge on any atom is -0.355 e. The number of carbonyl (C=O) groups is 2. The zero-order valence-electron chi connectivity index (χ0n) is 10.3. The average molecular weight is 250 g/mol. The van der Waals surface area contributed by atoms with Crippen LogP contribution >= 0.6 is 0 Å². The lowest BCUT2D eigenvalue weighted by Gasteiger charge is -2.06. The van der Waals surface area contributed by atoms with E-state index in [1.54, 1.807) is 19.2 Å². The predicted molar refractivity (Wildman–Crippen MR) is 69.1 cm³/mol. The van der Waals surface area contributed by atoms with Crippen molar-refractivity contribution in [2.45, 2.75) is 6.54 Å². The first-order valence-electron chi connectivity index (χ1n) is 5.68. The van der Waals surface area contributed by atoms with Crippen molar-refractivity contribution >= 4 is 11.9 Å². The maximum absolute atomic E-state index is 11.3. The van der Waals surface area contributed by atoms with Crippen LogP contribution in [0.3, 0.4) is 0 Å². The molecule has 0 aliphatic heterocycles. The molecule has 5 N–H and O–H groups in total. The van der Waals surface area contributed by atoms with Crippen molar-refractivity contribution in [2.24, 2.45) is 5.73 Å². The number of nitrogens with two attached hydrogens (primary N) is 1. The third-order valence-electron chi connectivity index (χ3n) is 2.37. The zero-order valence-corrected chi connectivity index (χ0v) is 10.3. The van der Waals surface area contributed by atoms with E-state index in [0.29, 0.717) is 25.2 Å². The lowest BCUT2D eigenvalue weighted by molar-refractivity contribution is 0.0963. The Morgan fingerprint density at radius 3 is 2.39 bits per heavy atom. The molecule has 1 rings (SSSR count). The lowest BCUT2D eigenvalue weighted by atomic mass is 10.1. The standard InChI is InChI=1S/C12H18N4O2/c1-14-11(17)10-4-2-9(3-5-10)8-15-6-7-16-12(13)18/h2-5,15H,6-8H2,1H3,(H,14,17)(H3,13,16,18). The molecule has 98 valence electrons. The van der Waals surface area contributed by atoms with Gasteiger partial charge in [0.1, 0.15) is 0 Å². The van der Waals surface area contributed by atoms with Gasteiger partial charge in [-0.2, -0.15) is 0 Å². The highest BCUT2D eigenvalue weighted by atomic mass is 16.2. The van der Waals surface area contributed by atoms with Gasteiger partial charge in [0, 0.05) is 32.2 Å². The van der Waals surface area contributed by atoms with Crippen LogP contribution in [0.4, 0.5) is 4.79 Å². The number of hydrogen-bond acceptors (Lipinski definition) is 3. The second-order valence-corrected chi connectivity index (χ2v) is 3.74. The molecular formula is C12H18N4O2. The van der Waals surface area contributed by atoms with Gasteiger partial charge in [0.05, 0.1) is 0 Å². The van der Waals surface area contributed by atoms with Crippen molar-refractivity contribution in [3.8, 4) is 0 Å². The first-order chi connectivity index (χ1) is 8.63. The second kappa shape index (κ2) is 7.29. The molecule has 0 saturated carbocycles. The number of urea groups is 1. The molecule has 0 fully saturated rings. The van der Waals surface area contributed by atoms with Crippen LogP contribution in [0.5, 0.6) is 0 Å². The van der Waals surface area contributed by atoms with Crippen LogP contribution in [0.2, 0.25) is 0 Å². The lowest BCUT2D eigenvalue weighted by Crippen LogP contribution is -2.35. The molecule has 3 amide bonds. The highest BCUT2D eigenvalue weighted by Crippen LogP contribution is 2.03. The van der Waals surface area contributed by atoms with Crippen LogP contribution in [0, 0.1) is 0 Å². The summed E-state index contributed by atoms with van der Waals surface area (Å²) in [5.74, 6) is -0.0971. The average Bonchev–Trinajstić information content (AvgIpc) is 2.38. The minimum atomic E-state index is -0.522. The number of hydrogen-bond donors (Lipinski definition) is 4. The van der Waals surface area contributed by atoms with Crippen molar-refractivity contribution in [3.05, 3.63) is 35.4 Å². The molecule has 6 nitrogen and oxygen atoms in total. The van der Waals surface area contributed by atoms with Crippen molar-refractivity contribution in [3.63, 3.8) is 0 Å². The van der Waals surface area contributed by atoms with Gasteiger partial charge in [0.15, 0.2) is 0 Å². The Labute approximate surface area is 106 Å². The minimum absolute atomic E-state index is 0.0971. The molecule has 0 unspecified atom stereocenters. The van der Waals surface area contributed by atoms with Gasteiger partial charge >= 0.3 is 6.03 Å². The molecule has 0 bridgehead atoms. The summed E-state index contributed by atoms with van der Waals surface area (Å²) in [6.45, 7) is 1.81. The van der Waals surface area contributed by atoms with E-state index in [1.165, 1.54) is 0 Å². The molecule has 0 atom stereocenters. The van der Waals surface area contributed by atoms with E-state index >= 15 is 0 Å². The molecule has 18 heavy (non-hydrogen) atoms. The van der Waals surface area contributed by atoms with Crippen LogP contribution in [-0.4, -0.2) is 32.1 Å². The highest BCUT2D eigenvalue weighted by Gasteiger charge is 2.01. The Balaban J connectivity index is 2.31. The highest BCUT2D eigenvalue weighted by molar-refractivity contribution is 5.93. The molecule has 0 aliphatic rings. The SMILES string of the molecule is CNC(=O)c1ccc(CNCCNC(N)=O)cc1. The summed E-state index contributed by atoms with van der Waals surface area (Å²) >= 11 is 0. The molecule has 0 aromatic heterocycles. The quantitative estimate of drug-likeness (QED) is 0.527. The fraction of sp³-hybridized carbons (Fsp3) is 0.333. The molecule has 1 aromatic rings. The van der Waals surface area contributed by atoms with Gasteiger partial charge < -0.3 is 21.7 Å². The smallest absolute Gasteiger partial charge is 0.312 e. The van der Waals surface area contributed by atoms with Crippen molar-refractivity contribution in [1.82, 2.24) is 16.0 Å². The van der Waals surface area contributed by atoms with E-state index in [4.69, 9.17) is 5.73 Å². The normalized spacial score (nSPS) is 9.83.